The van der Waals surface area contributed by atoms with Crippen molar-refractivity contribution in [1.29, 1.82) is 0 Å². The summed E-state index contributed by atoms with van der Waals surface area (Å²) in [5.74, 6) is 0.0840. The number of nitrogen functional groups attached to an aromatic ring is 2. The fraction of sp³-hybridized carbons (Fsp3) is 0.609. The van der Waals surface area contributed by atoms with Crippen molar-refractivity contribution in [3.05, 3.63) is 23.0 Å². The number of H-pyrrole nitrogens is 1. The molecule has 4 aromatic heterocycles. The van der Waals surface area contributed by atoms with Gasteiger partial charge in [-0.15, -0.1) is 5.10 Å². The van der Waals surface area contributed by atoms with Gasteiger partial charge in [0.1, 0.15) is 24.1 Å². The van der Waals surface area contributed by atoms with Crippen molar-refractivity contribution in [2.45, 2.75) is 62.7 Å². The van der Waals surface area contributed by atoms with E-state index in [9.17, 15) is 10.1 Å². The van der Waals surface area contributed by atoms with Gasteiger partial charge in [-0.2, -0.15) is 9.67 Å². The van der Waals surface area contributed by atoms with Gasteiger partial charge in [0.25, 0.3) is 5.56 Å². The summed E-state index contributed by atoms with van der Waals surface area (Å²) in [5, 5.41) is 17.4. The standard InChI is InChI=1S/C23H33N11O8P2/c1-3-23(7-38-43)10(15(37-2)21(40-23)33-9-28-13-16(24)26-8-27-17(13)33)4-5-44-42-12-6-11(41-36)20(39-12)34-18-14(31-32-34)19(35)30-22(25)29-18/h8-12,15,20-21,36,44H,3-7,43H2,1-2H3,(H2,24,26,27)(H3,25,29,30,35)/t10-,11+,12?,15+,20+,21+,23+/m0/s1. The monoisotopic (exact) mass is 653 g/mol. The Bertz CT molecular complexity index is 1670. The second kappa shape index (κ2) is 12.8. The van der Waals surface area contributed by atoms with Gasteiger partial charge in [-0.25, -0.2) is 19.8 Å². The normalized spacial score (nSPS) is 29.2. The number of fused-ring (bicyclic) bond motifs is 2. The van der Waals surface area contributed by atoms with Crippen LogP contribution in [0.3, 0.4) is 0 Å². The first-order chi connectivity index (χ1) is 21.3. The van der Waals surface area contributed by atoms with E-state index in [1.807, 2.05) is 11.5 Å². The molecular formula is C23H33N11O8P2. The van der Waals surface area contributed by atoms with Crippen molar-refractivity contribution < 1.29 is 33.4 Å². The van der Waals surface area contributed by atoms with Crippen molar-refractivity contribution in [3.8, 4) is 0 Å². The van der Waals surface area contributed by atoms with Crippen LogP contribution >= 0.6 is 18.3 Å². The van der Waals surface area contributed by atoms with E-state index >= 15 is 0 Å². The predicted octanol–water partition coefficient (Wildman–Crippen LogP) is 0.738. The van der Waals surface area contributed by atoms with Gasteiger partial charge >= 0.3 is 0 Å². The van der Waals surface area contributed by atoms with Gasteiger partial charge < -0.3 is 34.7 Å². The summed E-state index contributed by atoms with van der Waals surface area (Å²) in [4.78, 5) is 36.1. The fourth-order valence-electron chi connectivity index (χ4n) is 5.99. The molecule has 0 spiro atoms. The predicted molar refractivity (Wildman–Crippen MR) is 158 cm³/mol. The van der Waals surface area contributed by atoms with E-state index in [1.54, 1.807) is 13.4 Å². The molecule has 0 saturated carbocycles. The summed E-state index contributed by atoms with van der Waals surface area (Å²) < 4.78 is 33.4. The van der Waals surface area contributed by atoms with Crippen molar-refractivity contribution in [2.24, 2.45) is 5.92 Å². The van der Waals surface area contributed by atoms with Gasteiger partial charge in [0.05, 0.1) is 18.5 Å². The fourth-order valence-corrected chi connectivity index (χ4v) is 7.15. The van der Waals surface area contributed by atoms with Crippen molar-refractivity contribution >= 4 is 52.4 Å². The SMILES string of the molecule is CC[C@]1(COP)O[C@@H](n2cnc3c(N)ncnc32)[C@H](OC)[C@@H]1CCPOC1C[C@@H](OO)[C@H](n2nnc3c(=O)[nH]c(N)nc32)O1. The first kappa shape index (κ1) is 31.0. The summed E-state index contributed by atoms with van der Waals surface area (Å²) in [5.41, 5.74) is 11.6. The second-order valence-corrected chi connectivity index (χ2v) is 11.8. The molecule has 19 nitrogen and oxygen atoms in total. The average Bonchev–Trinajstić information content (AvgIpc) is 3.79. The molecule has 2 fully saturated rings. The third-order valence-electron chi connectivity index (χ3n) is 8.10. The molecule has 9 atom stereocenters. The van der Waals surface area contributed by atoms with E-state index in [0.717, 1.165) is 0 Å². The third kappa shape index (κ3) is 5.42. The van der Waals surface area contributed by atoms with Crippen LogP contribution in [0.2, 0.25) is 0 Å². The minimum absolute atomic E-state index is 0.0228. The van der Waals surface area contributed by atoms with Gasteiger partial charge in [0.15, 0.2) is 41.4 Å². The highest BCUT2D eigenvalue weighted by molar-refractivity contribution is 7.32. The van der Waals surface area contributed by atoms with Crippen LogP contribution in [0.25, 0.3) is 22.3 Å². The lowest BCUT2D eigenvalue weighted by Crippen LogP contribution is -2.42. The van der Waals surface area contributed by atoms with Crippen molar-refractivity contribution in [1.82, 2.24) is 44.5 Å². The summed E-state index contributed by atoms with van der Waals surface area (Å²) in [7, 11) is 3.97. The Balaban J connectivity index is 1.14. The summed E-state index contributed by atoms with van der Waals surface area (Å²) in [6.07, 6.45) is 1.76. The molecule has 2 aliphatic heterocycles. The molecule has 44 heavy (non-hydrogen) atoms. The molecule has 6 heterocycles. The molecule has 2 aliphatic rings. The third-order valence-corrected chi connectivity index (χ3v) is 9.19. The van der Waals surface area contributed by atoms with Crippen molar-refractivity contribution in [3.63, 3.8) is 0 Å². The number of ether oxygens (including phenoxy) is 3. The molecular weight excluding hydrogens is 620 g/mol. The number of imidazole rings is 1. The van der Waals surface area contributed by atoms with Crippen LogP contribution in [0.4, 0.5) is 11.8 Å². The Morgan fingerprint density at radius 3 is 2.84 bits per heavy atom. The topological polar surface area (TPSA) is 248 Å². The highest BCUT2D eigenvalue weighted by Gasteiger charge is 2.55. The Morgan fingerprint density at radius 2 is 2.09 bits per heavy atom. The summed E-state index contributed by atoms with van der Waals surface area (Å²) in [6.45, 7) is 2.36. The highest BCUT2D eigenvalue weighted by atomic mass is 31.1. The first-order valence-corrected chi connectivity index (χ1v) is 15.3. The van der Waals surface area contributed by atoms with Gasteiger partial charge in [0.2, 0.25) is 5.95 Å². The van der Waals surface area contributed by atoms with Crippen LogP contribution in [-0.4, -0.2) is 93.7 Å². The molecule has 4 aromatic rings. The Labute approximate surface area is 253 Å². The lowest BCUT2D eigenvalue weighted by atomic mass is 9.82. The molecule has 0 aliphatic carbocycles. The van der Waals surface area contributed by atoms with Gasteiger partial charge in [-0.3, -0.25) is 19.6 Å². The minimum Gasteiger partial charge on any atom is -0.382 e. The number of aromatic amines is 1. The molecule has 2 saturated heterocycles. The maximum atomic E-state index is 12.2. The highest BCUT2D eigenvalue weighted by Crippen LogP contribution is 2.48. The molecule has 6 rings (SSSR count). The van der Waals surface area contributed by atoms with Crippen LogP contribution in [0, 0.1) is 5.92 Å². The van der Waals surface area contributed by atoms with E-state index in [1.165, 1.54) is 11.0 Å². The molecule has 238 valence electrons. The van der Waals surface area contributed by atoms with Crippen LogP contribution < -0.4 is 17.0 Å². The summed E-state index contributed by atoms with van der Waals surface area (Å²) >= 11 is 0. The van der Waals surface area contributed by atoms with Gasteiger partial charge in [-0.05, 0) is 19.0 Å². The molecule has 21 heteroatoms. The average molecular weight is 654 g/mol. The number of nitrogens with two attached hydrogens (primary N) is 2. The number of hydrogen-bond donors (Lipinski definition) is 4. The first-order valence-electron chi connectivity index (χ1n) is 13.7. The zero-order valence-corrected chi connectivity index (χ0v) is 25.9. The number of anilines is 2. The Morgan fingerprint density at radius 1 is 1.25 bits per heavy atom. The number of aromatic nitrogens is 9. The number of nitrogens with zero attached hydrogens (tertiary/aromatic N) is 8. The minimum atomic E-state index is -0.954. The quantitative estimate of drug-likeness (QED) is 0.0712. The van der Waals surface area contributed by atoms with Crippen LogP contribution in [0.15, 0.2) is 17.4 Å². The Hall–Kier alpha value is -2.99. The van der Waals surface area contributed by atoms with E-state index in [0.29, 0.717) is 36.8 Å². The molecule has 0 bridgehead atoms. The van der Waals surface area contributed by atoms with E-state index in [2.05, 4.69) is 49.6 Å². The lowest BCUT2D eigenvalue weighted by Gasteiger charge is -2.33. The van der Waals surface area contributed by atoms with Crippen LogP contribution in [0.5, 0.6) is 0 Å². The number of rotatable bonds is 12. The van der Waals surface area contributed by atoms with Gasteiger partial charge in [-0.1, -0.05) is 12.1 Å². The maximum absolute atomic E-state index is 12.2. The molecule has 3 unspecified atom stereocenters. The van der Waals surface area contributed by atoms with E-state index < -0.39 is 36.0 Å². The lowest BCUT2D eigenvalue weighted by molar-refractivity contribution is -0.294. The summed E-state index contributed by atoms with van der Waals surface area (Å²) in [6, 6.07) is 0. The van der Waals surface area contributed by atoms with E-state index in [-0.39, 0.29) is 50.2 Å². The van der Waals surface area contributed by atoms with Gasteiger partial charge in [0, 0.05) is 37.7 Å². The second-order valence-electron chi connectivity index (χ2n) is 10.4. The molecule has 0 radical (unpaired) electrons. The zero-order valence-electron chi connectivity index (χ0n) is 23.8. The largest absolute Gasteiger partial charge is 0.382 e. The van der Waals surface area contributed by atoms with Crippen LogP contribution in [0.1, 0.15) is 38.6 Å². The van der Waals surface area contributed by atoms with Crippen LogP contribution in [-0.2, 0) is 28.1 Å². The Kier molecular flexibility index (Phi) is 9.01. The van der Waals surface area contributed by atoms with E-state index in [4.69, 9.17) is 34.7 Å². The van der Waals surface area contributed by atoms with Crippen molar-refractivity contribution in [2.75, 3.05) is 31.3 Å². The zero-order chi connectivity index (χ0) is 31.0. The maximum Gasteiger partial charge on any atom is 0.282 e. The molecule has 0 aromatic carbocycles. The number of methoxy groups -OCH3 is 1. The number of nitrogens with one attached hydrogen (secondary N) is 1. The molecule has 6 N–H and O–H groups in total. The smallest absolute Gasteiger partial charge is 0.282 e. The molecule has 0 amide bonds. The number of hydrogen-bond acceptors (Lipinski definition) is 16.